The lowest BCUT2D eigenvalue weighted by Gasteiger charge is -2.24. The zero-order valence-electron chi connectivity index (χ0n) is 23.8. The molecule has 7 aromatic rings. The topological polar surface area (TPSA) is 49.9 Å². The SMILES string of the molecule is C1=c2oc3cc(C4=NC(c5ccccc5)NC(c5cccc6c5sc5ccccc56)=N4)ccc3c2=CCC1c1ccccc1. The second-order valence-corrected chi connectivity index (χ2v) is 12.4. The summed E-state index contributed by atoms with van der Waals surface area (Å²) in [6.45, 7) is 0. The third-order valence-electron chi connectivity index (χ3n) is 8.69. The molecule has 44 heavy (non-hydrogen) atoms. The number of nitrogens with one attached hydrogen (secondary N) is 1. The van der Waals surface area contributed by atoms with E-state index in [0.717, 1.165) is 45.3 Å². The molecule has 3 heterocycles. The smallest absolute Gasteiger partial charge is 0.159 e. The lowest BCUT2D eigenvalue weighted by molar-refractivity contribution is 0.569. The Labute approximate surface area is 258 Å². The van der Waals surface area contributed by atoms with Crippen molar-refractivity contribution in [2.24, 2.45) is 9.98 Å². The van der Waals surface area contributed by atoms with Crippen molar-refractivity contribution in [2.75, 3.05) is 0 Å². The highest BCUT2D eigenvalue weighted by Crippen LogP contribution is 2.36. The molecular weight excluding hydrogens is 559 g/mol. The van der Waals surface area contributed by atoms with Crippen molar-refractivity contribution < 1.29 is 4.42 Å². The van der Waals surface area contributed by atoms with Crippen LogP contribution in [0.5, 0.6) is 0 Å². The summed E-state index contributed by atoms with van der Waals surface area (Å²) in [5.41, 5.74) is 6.21. The van der Waals surface area contributed by atoms with Gasteiger partial charge < -0.3 is 9.73 Å². The first-order chi connectivity index (χ1) is 21.8. The molecule has 2 aromatic heterocycles. The summed E-state index contributed by atoms with van der Waals surface area (Å²) in [6.07, 6.45) is 5.27. The highest BCUT2D eigenvalue weighted by molar-refractivity contribution is 7.26. The maximum Gasteiger partial charge on any atom is 0.159 e. The number of nitrogens with zero attached hydrogens (tertiary/aromatic N) is 2. The second kappa shape index (κ2) is 10.2. The Balaban J connectivity index is 1.18. The molecule has 0 radical (unpaired) electrons. The van der Waals surface area contributed by atoms with Gasteiger partial charge in [0, 0.05) is 47.8 Å². The summed E-state index contributed by atoms with van der Waals surface area (Å²) in [7, 11) is 0. The molecule has 2 atom stereocenters. The molecule has 1 N–H and O–H groups in total. The normalized spacial score (nSPS) is 17.8. The lowest BCUT2D eigenvalue weighted by Crippen LogP contribution is -2.33. The van der Waals surface area contributed by atoms with Crippen molar-refractivity contribution in [3.05, 3.63) is 154 Å². The fourth-order valence-electron chi connectivity index (χ4n) is 6.49. The molecule has 210 valence electrons. The highest BCUT2D eigenvalue weighted by atomic mass is 32.1. The Kier molecular flexibility index (Phi) is 5.84. The Morgan fingerprint density at radius 1 is 0.727 bits per heavy atom. The van der Waals surface area contributed by atoms with Crippen molar-refractivity contribution in [1.82, 2.24) is 5.32 Å². The molecule has 5 aromatic carbocycles. The van der Waals surface area contributed by atoms with Gasteiger partial charge >= 0.3 is 0 Å². The van der Waals surface area contributed by atoms with Crippen LogP contribution in [0.3, 0.4) is 0 Å². The van der Waals surface area contributed by atoms with Gasteiger partial charge in [0.2, 0.25) is 0 Å². The van der Waals surface area contributed by atoms with Crippen molar-refractivity contribution in [2.45, 2.75) is 18.5 Å². The molecule has 9 rings (SSSR count). The minimum atomic E-state index is -0.267. The molecule has 0 fully saturated rings. The average Bonchev–Trinajstić information content (AvgIpc) is 3.66. The highest BCUT2D eigenvalue weighted by Gasteiger charge is 2.24. The number of aliphatic imine (C=N–C) groups is 2. The fraction of sp³-hybridized carbons (Fsp3) is 0.0769. The van der Waals surface area contributed by atoms with Crippen molar-refractivity contribution in [1.29, 1.82) is 0 Å². The third kappa shape index (κ3) is 4.20. The first-order valence-electron chi connectivity index (χ1n) is 15.0. The minimum absolute atomic E-state index is 0.267. The number of thiophene rings is 1. The molecule has 1 aliphatic heterocycles. The summed E-state index contributed by atoms with van der Waals surface area (Å²) < 4.78 is 8.98. The fourth-order valence-corrected chi connectivity index (χ4v) is 7.71. The van der Waals surface area contributed by atoms with Gasteiger partial charge in [-0.1, -0.05) is 103 Å². The van der Waals surface area contributed by atoms with E-state index in [4.69, 9.17) is 14.4 Å². The van der Waals surface area contributed by atoms with E-state index in [9.17, 15) is 0 Å². The molecule has 5 heteroatoms. The number of hydrogen-bond donors (Lipinski definition) is 1. The molecule has 0 saturated carbocycles. The first kappa shape index (κ1) is 25.3. The van der Waals surface area contributed by atoms with Crippen LogP contribution in [-0.2, 0) is 0 Å². The lowest BCUT2D eigenvalue weighted by atomic mass is 9.92. The van der Waals surface area contributed by atoms with Crippen molar-refractivity contribution in [3.8, 4) is 0 Å². The number of furan rings is 1. The van der Waals surface area contributed by atoms with Crippen LogP contribution in [0.2, 0.25) is 0 Å². The van der Waals surface area contributed by atoms with E-state index in [1.807, 2.05) is 17.4 Å². The Morgan fingerprint density at radius 2 is 1.50 bits per heavy atom. The minimum Gasteiger partial charge on any atom is -0.456 e. The number of amidine groups is 2. The molecule has 4 nitrogen and oxygen atoms in total. The molecule has 2 unspecified atom stereocenters. The average molecular weight is 586 g/mol. The van der Waals surface area contributed by atoms with Crippen LogP contribution >= 0.6 is 11.3 Å². The summed E-state index contributed by atoms with van der Waals surface area (Å²) in [5, 5.41) is 8.47. The van der Waals surface area contributed by atoms with Crippen LogP contribution in [0.15, 0.2) is 136 Å². The predicted octanol–water partition coefficient (Wildman–Crippen LogP) is 8.04. The van der Waals surface area contributed by atoms with E-state index in [0.29, 0.717) is 11.8 Å². The summed E-state index contributed by atoms with van der Waals surface area (Å²) in [6, 6.07) is 42.5. The quantitative estimate of drug-likeness (QED) is 0.227. The van der Waals surface area contributed by atoms with Gasteiger partial charge in [0.25, 0.3) is 0 Å². The van der Waals surface area contributed by atoms with Crippen LogP contribution in [-0.4, -0.2) is 11.7 Å². The van der Waals surface area contributed by atoms with Gasteiger partial charge in [-0.15, -0.1) is 11.3 Å². The van der Waals surface area contributed by atoms with Crippen LogP contribution in [0, 0.1) is 0 Å². The van der Waals surface area contributed by atoms with Gasteiger partial charge in [-0.25, -0.2) is 9.98 Å². The van der Waals surface area contributed by atoms with E-state index in [2.05, 4.69) is 133 Å². The molecule has 2 aliphatic rings. The van der Waals surface area contributed by atoms with Gasteiger partial charge in [-0.05, 0) is 47.9 Å². The number of fused-ring (bicyclic) bond motifs is 6. The Bertz CT molecular complexity index is 2400. The number of rotatable bonds is 4. The summed E-state index contributed by atoms with van der Waals surface area (Å²) >= 11 is 1.81. The van der Waals surface area contributed by atoms with E-state index in [1.165, 1.54) is 31.0 Å². The Morgan fingerprint density at radius 3 is 2.36 bits per heavy atom. The van der Waals surface area contributed by atoms with Crippen LogP contribution in [0.1, 0.15) is 40.8 Å². The summed E-state index contributed by atoms with van der Waals surface area (Å²) in [4.78, 5) is 10.3. The molecule has 0 bridgehead atoms. The Hall–Kier alpha value is -5.26. The molecule has 0 amide bonds. The third-order valence-corrected chi connectivity index (χ3v) is 9.91. The van der Waals surface area contributed by atoms with Crippen LogP contribution in [0.25, 0.3) is 43.3 Å². The van der Waals surface area contributed by atoms with E-state index < -0.39 is 0 Å². The monoisotopic (exact) mass is 585 g/mol. The maximum atomic E-state index is 6.48. The van der Waals surface area contributed by atoms with Gasteiger partial charge in [-0.2, -0.15) is 0 Å². The predicted molar refractivity (Wildman–Crippen MR) is 183 cm³/mol. The zero-order chi connectivity index (χ0) is 29.0. The van der Waals surface area contributed by atoms with Crippen molar-refractivity contribution >= 4 is 66.3 Å². The zero-order valence-corrected chi connectivity index (χ0v) is 24.6. The molecular formula is C39H27N3OS. The van der Waals surface area contributed by atoms with Gasteiger partial charge in [0.05, 0.1) is 0 Å². The number of benzene rings is 5. The van der Waals surface area contributed by atoms with Crippen LogP contribution < -0.4 is 16.0 Å². The molecule has 0 spiro atoms. The van der Waals surface area contributed by atoms with Gasteiger partial charge in [0.1, 0.15) is 23.0 Å². The molecule has 0 saturated heterocycles. The largest absolute Gasteiger partial charge is 0.456 e. The standard InChI is InChI=1S/C39H27N3OS/c1-3-10-24(11-4-1)26-18-20-28-29-21-19-27(23-34(29)43-33(28)22-26)38-40-37(25-12-5-2-6-13-25)41-39(42-38)32-16-9-15-31-30-14-7-8-17-35(30)44-36(31)32/h1-17,19-23,26,37H,18H2,(H,40,41,42). The maximum absolute atomic E-state index is 6.48. The van der Waals surface area contributed by atoms with Crippen molar-refractivity contribution in [3.63, 3.8) is 0 Å². The number of hydrogen-bond acceptors (Lipinski definition) is 5. The summed E-state index contributed by atoms with van der Waals surface area (Å²) in [5.74, 6) is 1.83. The van der Waals surface area contributed by atoms with E-state index >= 15 is 0 Å². The van der Waals surface area contributed by atoms with E-state index in [1.54, 1.807) is 0 Å². The van der Waals surface area contributed by atoms with Gasteiger partial charge in [0.15, 0.2) is 5.84 Å². The van der Waals surface area contributed by atoms with E-state index in [-0.39, 0.29) is 6.17 Å². The van der Waals surface area contributed by atoms with Crippen LogP contribution in [0.4, 0.5) is 0 Å². The first-order valence-corrected chi connectivity index (χ1v) is 15.8. The second-order valence-electron chi connectivity index (χ2n) is 11.4. The van der Waals surface area contributed by atoms with Gasteiger partial charge in [-0.3, -0.25) is 0 Å². The molecule has 1 aliphatic carbocycles.